The molecule has 6 nitrogen and oxygen atoms in total. The minimum absolute atomic E-state index is 0.302. The molecule has 1 saturated heterocycles. The molecule has 28 heavy (non-hydrogen) atoms. The Morgan fingerprint density at radius 1 is 0.964 bits per heavy atom. The van der Waals surface area contributed by atoms with Crippen LogP contribution in [0.25, 0.3) is 0 Å². The van der Waals surface area contributed by atoms with Crippen LogP contribution in [0.3, 0.4) is 0 Å². The Bertz CT molecular complexity index is 775. The second-order valence-corrected chi connectivity index (χ2v) is 7.53. The predicted molar refractivity (Wildman–Crippen MR) is 109 cm³/mol. The maximum absolute atomic E-state index is 12.0. The first-order valence-electron chi connectivity index (χ1n) is 9.52. The van der Waals surface area contributed by atoms with Gasteiger partial charge in [-0.3, -0.25) is 19.5 Å². The number of nitrogens with zero attached hydrogens (tertiary/aromatic N) is 2. The smallest absolute Gasteiger partial charge is 0.309 e. The third kappa shape index (κ3) is 6.32. The Labute approximate surface area is 170 Å². The quantitative estimate of drug-likeness (QED) is 0.730. The van der Waals surface area contributed by atoms with Crippen molar-refractivity contribution in [2.75, 3.05) is 19.6 Å². The van der Waals surface area contributed by atoms with Crippen LogP contribution >= 0.6 is 11.6 Å². The molecule has 2 aromatic rings. The average molecular weight is 401 g/mol. The first-order chi connectivity index (χ1) is 13.6. The number of hydrogen-bond acceptors (Lipinski definition) is 4. The number of pyridine rings is 1. The molecule has 2 amide bonds. The van der Waals surface area contributed by atoms with E-state index in [1.807, 2.05) is 36.7 Å². The van der Waals surface area contributed by atoms with Crippen molar-refractivity contribution >= 4 is 23.4 Å². The van der Waals surface area contributed by atoms with Gasteiger partial charge in [0, 0.05) is 37.1 Å². The highest BCUT2D eigenvalue weighted by atomic mass is 35.5. The van der Waals surface area contributed by atoms with Gasteiger partial charge in [0.2, 0.25) is 0 Å². The Morgan fingerprint density at radius 3 is 2.29 bits per heavy atom. The Hall–Kier alpha value is -2.44. The fraction of sp³-hybridized carbons (Fsp3) is 0.381. The number of carbonyl (C=O) groups excluding carboxylic acids is 2. The lowest BCUT2D eigenvalue weighted by Crippen LogP contribution is -2.43. The first kappa shape index (κ1) is 20.3. The minimum Gasteiger partial charge on any atom is -0.348 e. The van der Waals surface area contributed by atoms with E-state index in [1.165, 1.54) is 5.56 Å². The topological polar surface area (TPSA) is 74.3 Å². The van der Waals surface area contributed by atoms with Crippen LogP contribution in [0.5, 0.6) is 0 Å². The van der Waals surface area contributed by atoms with Gasteiger partial charge >= 0.3 is 11.8 Å². The monoisotopic (exact) mass is 400 g/mol. The number of likely N-dealkylation sites (tertiary alicyclic amines) is 1. The molecule has 0 unspecified atom stereocenters. The summed E-state index contributed by atoms with van der Waals surface area (Å²) in [5.41, 5.74) is 2.16. The van der Waals surface area contributed by atoms with Crippen LogP contribution < -0.4 is 10.6 Å². The molecule has 1 aliphatic heterocycles. The van der Waals surface area contributed by atoms with E-state index in [1.54, 1.807) is 12.1 Å². The van der Waals surface area contributed by atoms with E-state index in [-0.39, 0.29) is 0 Å². The Balaban J connectivity index is 1.33. The van der Waals surface area contributed by atoms with Crippen molar-refractivity contribution in [1.29, 1.82) is 0 Å². The summed E-state index contributed by atoms with van der Waals surface area (Å²) in [6.45, 7) is 3.75. The van der Waals surface area contributed by atoms with Crippen LogP contribution in [0.15, 0.2) is 48.8 Å². The van der Waals surface area contributed by atoms with E-state index < -0.39 is 11.8 Å². The first-order valence-corrected chi connectivity index (χ1v) is 9.89. The number of nitrogens with one attached hydrogen (secondary N) is 2. The van der Waals surface area contributed by atoms with Crippen LogP contribution in [-0.2, 0) is 22.7 Å². The Kier molecular flexibility index (Phi) is 7.39. The summed E-state index contributed by atoms with van der Waals surface area (Å²) in [6, 6.07) is 11.2. The van der Waals surface area contributed by atoms with E-state index in [4.69, 9.17) is 11.6 Å². The van der Waals surface area contributed by atoms with E-state index >= 15 is 0 Å². The van der Waals surface area contributed by atoms with Gasteiger partial charge in [-0.1, -0.05) is 23.7 Å². The third-order valence-corrected chi connectivity index (χ3v) is 5.24. The summed E-state index contributed by atoms with van der Waals surface area (Å²) >= 11 is 5.83. The van der Waals surface area contributed by atoms with Crippen LogP contribution in [0.2, 0.25) is 5.02 Å². The summed E-state index contributed by atoms with van der Waals surface area (Å²) < 4.78 is 0. The zero-order valence-electron chi connectivity index (χ0n) is 15.7. The second kappa shape index (κ2) is 10.2. The van der Waals surface area contributed by atoms with E-state index in [0.717, 1.165) is 38.0 Å². The number of benzene rings is 1. The van der Waals surface area contributed by atoms with Crippen molar-refractivity contribution < 1.29 is 9.59 Å². The predicted octanol–water partition coefficient (Wildman–Crippen LogP) is 2.38. The van der Waals surface area contributed by atoms with Crippen molar-refractivity contribution in [3.05, 3.63) is 64.9 Å². The fourth-order valence-corrected chi connectivity index (χ4v) is 3.40. The SMILES string of the molecule is O=C(NCc1ccc(Cl)cc1)C(=O)NCC1CCN(Cc2ccncc2)CC1. The van der Waals surface area contributed by atoms with E-state index in [2.05, 4.69) is 20.5 Å². The molecule has 148 valence electrons. The zero-order chi connectivity index (χ0) is 19.8. The molecule has 0 radical (unpaired) electrons. The van der Waals surface area contributed by atoms with Gasteiger partial charge in [-0.2, -0.15) is 0 Å². The lowest BCUT2D eigenvalue weighted by Gasteiger charge is -2.32. The van der Waals surface area contributed by atoms with Gasteiger partial charge in [0.25, 0.3) is 0 Å². The minimum atomic E-state index is -0.606. The molecular weight excluding hydrogens is 376 g/mol. The van der Waals surface area contributed by atoms with Gasteiger partial charge in [-0.25, -0.2) is 0 Å². The van der Waals surface area contributed by atoms with E-state index in [9.17, 15) is 9.59 Å². The summed E-state index contributed by atoms with van der Waals surface area (Å²) in [6.07, 6.45) is 5.65. The van der Waals surface area contributed by atoms with Crippen molar-refractivity contribution in [2.45, 2.75) is 25.9 Å². The fourth-order valence-electron chi connectivity index (χ4n) is 3.28. The van der Waals surface area contributed by atoms with E-state index in [0.29, 0.717) is 24.0 Å². The van der Waals surface area contributed by atoms with Gasteiger partial charge < -0.3 is 10.6 Å². The molecule has 2 heterocycles. The van der Waals surface area contributed by atoms with Crippen molar-refractivity contribution in [1.82, 2.24) is 20.5 Å². The number of piperidine rings is 1. The van der Waals surface area contributed by atoms with Gasteiger partial charge in [0.15, 0.2) is 0 Å². The molecule has 3 rings (SSSR count). The molecule has 7 heteroatoms. The van der Waals surface area contributed by atoms with Crippen molar-refractivity contribution in [3.63, 3.8) is 0 Å². The summed E-state index contributed by atoms with van der Waals surface area (Å²) in [5.74, 6) is -0.778. The molecule has 1 aromatic heterocycles. The highest BCUT2D eigenvalue weighted by Gasteiger charge is 2.21. The van der Waals surface area contributed by atoms with Crippen LogP contribution in [0.1, 0.15) is 24.0 Å². The molecule has 0 spiro atoms. The summed E-state index contributed by atoms with van der Waals surface area (Å²) in [5, 5.41) is 6.03. The van der Waals surface area contributed by atoms with Gasteiger partial charge in [0.05, 0.1) is 0 Å². The number of hydrogen-bond donors (Lipinski definition) is 2. The average Bonchev–Trinajstić information content (AvgIpc) is 2.73. The lowest BCUT2D eigenvalue weighted by atomic mass is 9.96. The number of carbonyl (C=O) groups is 2. The number of aromatic nitrogens is 1. The second-order valence-electron chi connectivity index (χ2n) is 7.09. The van der Waals surface area contributed by atoms with Gasteiger partial charge in [0.1, 0.15) is 0 Å². The molecule has 1 fully saturated rings. The lowest BCUT2D eigenvalue weighted by molar-refractivity contribution is -0.139. The third-order valence-electron chi connectivity index (χ3n) is 4.99. The van der Waals surface area contributed by atoms with Crippen LogP contribution in [0.4, 0.5) is 0 Å². The van der Waals surface area contributed by atoms with Crippen molar-refractivity contribution in [3.8, 4) is 0 Å². The molecule has 0 bridgehead atoms. The Morgan fingerprint density at radius 2 is 1.61 bits per heavy atom. The zero-order valence-corrected chi connectivity index (χ0v) is 16.5. The number of amides is 2. The number of halogens is 1. The summed E-state index contributed by atoms with van der Waals surface area (Å²) in [7, 11) is 0. The largest absolute Gasteiger partial charge is 0.348 e. The molecule has 2 N–H and O–H groups in total. The molecule has 0 aliphatic carbocycles. The maximum Gasteiger partial charge on any atom is 0.309 e. The highest BCUT2D eigenvalue weighted by molar-refractivity contribution is 6.35. The normalized spacial score (nSPS) is 15.2. The molecule has 0 atom stereocenters. The molecule has 1 aromatic carbocycles. The molecule has 1 aliphatic rings. The standard InChI is InChI=1S/C21H25ClN4O2/c22-19-3-1-16(2-4-19)13-24-20(27)21(28)25-14-17-7-11-26(12-8-17)15-18-5-9-23-10-6-18/h1-6,9-10,17H,7-8,11-15H2,(H,24,27)(H,25,28). The van der Waals surface area contributed by atoms with Gasteiger partial charge in [-0.05, 0) is 67.2 Å². The van der Waals surface area contributed by atoms with Crippen LogP contribution in [-0.4, -0.2) is 41.3 Å². The van der Waals surface area contributed by atoms with Gasteiger partial charge in [-0.15, -0.1) is 0 Å². The maximum atomic E-state index is 12.0. The van der Waals surface area contributed by atoms with Crippen molar-refractivity contribution in [2.24, 2.45) is 5.92 Å². The van der Waals surface area contributed by atoms with Crippen LogP contribution in [0, 0.1) is 5.92 Å². The molecule has 0 saturated carbocycles. The molecular formula is C21H25ClN4O2. The summed E-state index contributed by atoms with van der Waals surface area (Å²) in [4.78, 5) is 30.4. The number of rotatable bonds is 6. The highest BCUT2D eigenvalue weighted by Crippen LogP contribution is 2.18.